The first-order valence-corrected chi connectivity index (χ1v) is 10.2. The summed E-state index contributed by atoms with van der Waals surface area (Å²) in [6.07, 6.45) is 2.55. The number of rotatable bonds is 6. The van der Waals surface area contributed by atoms with Gasteiger partial charge in [-0.2, -0.15) is 0 Å². The predicted octanol–water partition coefficient (Wildman–Crippen LogP) is 3.62. The number of nitro groups is 1. The number of carbonyl (C=O) groups excluding carboxylic acids is 2. The maximum Gasteiger partial charge on any atom is 0.287 e. The average molecular weight is 476 g/mol. The van der Waals surface area contributed by atoms with Crippen LogP contribution in [0.2, 0.25) is 0 Å². The lowest BCUT2D eigenvalue weighted by Crippen LogP contribution is -2.54. The molecule has 1 N–H and O–H groups in total. The lowest BCUT2D eigenvalue weighted by molar-refractivity contribution is -0.385. The quantitative estimate of drug-likeness (QED) is 0.188. The number of nitrogens with one attached hydrogen (secondary N) is 1. The molecule has 1 aliphatic heterocycles. The molecule has 11 heteroatoms. The Morgan fingerprint density at radius 1 is 1.03 bits per heavy atom. The average Bonchev–Trinajstić information content (AvgIpc) is 2.83. The van der Waals surface area contributed by atoms with Crippen LogP contribution in [0.4, 0.5) is 11.4 Å². The molecule has 1 aromatic heterocycles. The van der Waals surface area contributed by atoms with Gasteiger partial charge in [0.2, 0.25) is 5.88 Å². The summed E-state index contributed by atoms with van der Waals surface area (Å²) in [4.78, 5) is 40.8. The van der Waals surface area contributed by atoms with Crippen LogP contribution in [-0.4, -0.2) is 33.9 Å². The normalized spacial score (nSPS) is 14.7. The number of hydrogen-bond acceptors (Lipinski definition) is 8. The first-order valence-electron chi connectivity index (χ1n) is 9.79. The Hall–Kier alpha value is -4.64. The SMILES string of the molecule is COc1ccc(N2C(=O)C(=Cc3ccc(Oc4ccc([N+](=O)[O-])cn4)cc3)C(=O)NC2=S)cc1. The van der Waals surface area contributed by atoms with Gasteiger partial charge in [-0.3, -0.25) is 29.9 Å². The molecule has 0 spiro atoms. The van der Waals surface area contributed by atoms with Crippen molar-refractivity contribution in [1.29, 1.82) is 0 Å². The molecule has 4 rings (SSSR count). The molecule has 170 valence electrons. The van der Waals surface area contributed by atoms with Crippen LogP contribution in [0, 0.1) is 10.1 Å². The lowest BCUT2D eigenvalue weighted by atomic mass is 10.1. The largest absolute Gasteiger partial charge is 0.497 e. The van der Waals surface area contributed by atoms with Gasteiger partial charge in [-0.15, -0.1) is 0 Å². The summed E-state index contributed by atoms with van der Waals surface area (Å²) in [5.41, 5.74) is 0.828. The molecular formula is C23H16N4O6S. The van der Waals surface area contributed by atoms with Gasteiger partial charge in [0, 0.05) is 12.1 Å². The number of pyridine rings is 1. The van der Waals surface area contributed by atoms with E-state index in [4.69, 9.17) is 21.7 Å². The number of nitrogens with zero attached hydrogens (tertiary/aromatic N) is 3. The van der Waals surface area contributed by atoms with Gasteiger partial charge in [0.25, 0.3) is 17.5 Å². The number of aromatic nitrogens is 1. The smallest absolute Gasteiger partial charge is 0.287 e. The fourth-order valence-corrected chi connectivity index (χ4v) is 3.36. The number of amides is 2. The minimum atomic E-state index is -0.602. The van der Waals surface area contributed by atoms with E-state index in [0.29, 0.717) is 22.7 Å². The molecule has 0 aliphatic carbocycles. The van der Waals surface area contributed by atoms with Crippen LogP contribution in [0.15, 0.2) is 72.4 Å². The summed E-state index contributed by atoms with van der Waals surface area (Å²) >= 11 is 5.20. The van der Waals surface area contributed by atoms with E-state index in [-0.39, 0.29) is 22.3 Å². The van der Waals surface area contributed by atoms with E-state index >= 15 is 0 Å². The van der Waals surface area contributed by atoms with Crippen molar-refractivity contribution < 1.29 is 24.0 Å². The monoisotopic (exact) mass is 476 g/mol. The zero-order valence-corrected chi connectivity index (χ0v) is 18.4. The molecule has 1 aliphatic rings. The van der Waals surface area contributed by atoms with Crippen molar-refractivity contribution in [1.82, 2.24) is 10.3 Å². The second-order valence-corrected chi connectivity index (χ2v) is 7.33. The molecule has 0 radical (unpaired) electrons. The summed E-state index contributed by atoms with van der Waals surface area (Å²) in [5.74, 6) is 0.0563. The molecule has 1 fully saturated rings. The molecule has 34 heavy (non-hydrogen) atoms. The van der Waals surface area contributed by atoms with Crippen molar-refractivity contribution in [2.24, 2.45) is 0 Å². The molecule has 2 aromatic carbocycles. The first kappa shape index (κ1) is 22.6. The number of carbonyl (C=O) groups is 2. The Labute approximate surface area is 198 Å². The maximum atomic E-state index is 13.1. The molecule has 0 unspecified atom stereocenters. The van der Waals surface area contributed by atoms with Gasteiger partial charge in [-0.25, -0.2) is 4.98 Å². The molecule has 0 atom stereocenters. The van der Waals surface area contributed by atoms with Crippen molar-refractivity contribution in [3.63, 3.8) is 0 Å². The summed E-state index contributed by atoms with van der Waals surface area (Å²) in [7, 11) is 1.53. The first-order chi connectivity index (χ1) is 16.4. The fourth-order valence-electron chi connectivity index (χ4n) is 3.08. The molecule has 0 bridgehead atoms. The Morgan fingerprint density at radius 3 is 2.29 bits per heavy atom. The van der Waals surface area contributed by atoms with Gasteiger partial charge < -0.3 is 9.47 Å². The minimum Gasteiger partial charge on any atom is -0.497 e. The summed E-state index contributed by atoms with van der Waals surface area (Å²) in [6.45, 7) is 0. The molecular weight excluding hydrogens is 460 g/mol. The summed E-state index contributed by atoms with van der Waals surface area (Å²) in [5, 5.41) is 13.2. The lowest BCUT2D eigenvalue weighted by Gasteiger charge is -2.29. The second kappa shape index (κ2) is 9.46. The third kappa shape index (κ3) is 4.74. The molecule has 3 aromatic rings. The van der Waals surface area contributed by atoms with Crippen molar-refractivity contribution in [2.45, 2.75) is 0 Å². The van der Waals surface area contributed by atoms with Gasteiger partial charge in [0.1, 0.15) is 23.3 Å². The van der Waals surface area contributed by atoms with Crippen molar-refractivity contribution >= 4 is 46.6 Å². The van der Waals surface area contributed by atoms with Gasteiger partial charge >= 0.3 is 0 Å². The molecule has 10 nitrogen and oxygen atoms in total. The predicted molar refractivity (Wildman–Crippen MR) is 127 cm³/mol. The standard InChI is InChI=1S/C23H16N4O6S/c1-32-17-9-4-15(5-10-17)26-22(29)19(21(28)25-23(26)34)12-14-2-7-18(8-3-14)33-20-11-6-16(13-24-20)27(30)31/h2-13H,1H3,(H,25,28,34). The third-order valence-electron chi connectivity index (χ3n) is 4.78. The van der Waals surface area contributed by atoms with E-state index in [1.165, 1.54) is 30.2 Å². The molecule has 2 amide bonds. The topological polar surface area (TPSA) is 124 Å². The van der Waals surface area contributed by atoms with Gasteiger partial charge in [0.15, 0.2) is 5.11 Å². The van der Waals surface area contributed by atoms with Crippen LogP contribution in [0.1, 0.15) is 5.56 Å². The van der Waals surface area contributed by atoms with E-state index in [1.54, 1.807) is 48.5 Å². The van der Waals surface area contributed by atoms with Crippen LogP contribution < -0.4 is 19.7 Å². The van der Waals surface area contributed by atoms with Gasteiger partial charge in [0.05, 0.1) is 17.7 Å². The van der Waals surface area contributed by atoms with E-state index < -0.39 is 16.7 Å². The van der Waals surface area contributed by atoms with Gasteiger partial charge in [-0.1, -0.05) is 12.1 Å². The van der Waals surface area contributed by atoms with Crippen molar-refractivity contribution in [3.05, 3.63) is 88.1 Å². The minimum absolute atomic E-state index is 0.0170. The highest BCUT2D eigenvalue weighted by atomic mass is 32.1. The van der Waals surface area contributed by atoms with Crippen LogP contribution in [0.5, 0.6) is 17.4 Å². The maximum absolute atomic E-state index is 13.1. The van der Waals surface area contributed by atoms with Crippen LogP contribution in [0.3, 0.4) is 0 Å². The highest BCUT2D eigenvalue weighted by Crippen LogP contribution is 2.26. The number of methoxy groups -OCH3 is 1. The Kier molecular flexibility index (Phi) is 6.28. The van der Waals surface area contributed by atoms with Crippen LogP contribution in [-0.2, 0) is 9.59 Å². The Morgan fingerprint density at radius 2 is 1.71 bits per heavy atom. The number of ether oxygens (including phenoxy) is 2. The number of benzene rings is 2. The van der Waals surface area contributed by atoms with E-state index in [1.807, 2.05) is 0 Å². The van der Waals surface area contributed by atoms with Crippen molar-refractivity contribution in [2.75, 3.05) is 12.0 Å². The fraction of sp³-hybridized carbons (Fsp3) is 0.0435. The second-order valence-electron chi connectivity index (χ2n) is 6.94. The van der Waals surface area contributed by atoms with E-state index in [0.717, 1.165) is 6.20 Å². The Bertz CT molecular complexity index is 1300. The number of thiocarbonyl (C=S) groups is 1. The Balaban J connectivity index is 1.53. The van der Waals surface area contributed by atoms with Crippen LogP contribution in [0.25, 0.3) is 6.08 Å². The summed E-state index contributed by atoms with van der Waals surface area (Å²) < 4.78 is 10.7. The highest BCUT2D eigenvalue weighted by Gasteiger charge is 2.34. The van der Waals surface area contributed by atoms with Crippen molar-refractivity contribution in [3.8, 4) is 17.4 Å². The van der Waals surface area contributed by atoms with Gasteiger partial charge in [-0.05, 0) is 60.3 Å². The van der Waals surface area contributed by atoms with E-state index in [2.05, 4.69) is 10.3 Å². The highest BCUT2D eigenvalue weighted by molar-refractivity contribution is 7.80. The summed E-state index contributed by atoms with van der Waals surface area (Å²) in [6, 6.07) is 15.9. The zero-order valence-electron chi connectivity index (χ0n) is 17.6. The van der Waals surface area contributed by atoms with Crippen LogP contribution >= 0.6 is 12.2 Å². The molecule has 2 heterocycles. The molecule has 0 saturated carbocycles. The molecule has 1 saturated heterocycles. The third-order valence-corrected chi connectivity index (χ3v) is 5.06. The zero-order chi connectivity index (χ0) is 24.2. The number of hydrogen-bond donors (Lipinski definition) is 1. The number of anilines is 1. The van der Waals surface area contributed by atoms with E-state index in [9.17, 15) is 19.7 Å².